The normalized spacial score (nSPS) is 11.7. The van der Waals surface area contributed by atoms with Crippen molar-refractivity contribution in [2.75, 3.05) is 6.54 Å². The molecule has 0 unspecified atom stereocenters. The smallest absolute Gasteiger partial charge is 0.323 e. The van der Waals surface area contributed by atoms with Crippen LogP contribution in [0.2, 0.25) is 4.34 Å². The minimum atomic E-state index is -0.874. The van der Waals surface area contributed by atoms with Gasteiger partial charge in [0.2, 0.25) is 0 Å². The minimum Gasteiger partial charge on any atom is -0.480 e. The van der Waals surface area contributed by atoms with E-state index in [0.717, 1.165) is 15.6 Å². The van der Waals surface area contributed by atoms with E-state index in [2.05, 4.69) is 5.32 Å². The van der Waals surface area contributed by atoms with E-state index >= 15 is 0 Å². The van der Waals surface area contributed by atoms with Crippen molar-refractivity contribution in [1.29, 1.82) is 0 Å². The lowest BCUT2D eigenvalue weighted by Gasteiger charge is -2.20. The van der Waals surface area contributed by atoms with E-state index in [0.29, 0.717) is 6.54 Å². The Morgan fingerprint density at radius 3 is 2.73 bits per heavy atom. The van der Waals surface area contributed by atoms with Crippen molar-refractivity contribution in [3.8, 4) is 0 Å². The van der Waals surface area contributed by atoms with Gasteiger partial charge in [0.1, 0.15) is 5.54 Å². The summed E-state index contributed by atoms with van der Waals surface area (Å²) in [5, 5.41) is 11.8. The Bertz CT molecular complexity index is 349. The van der Waals surface area contributed by atoms with E-state index < -0.39 is 11.5 Å². The summed E-state index contributed by atoms with van der Waals surface area (Å²) < 4.78 is 0.766. The van der Waals surface area contributed by atoms with Crippen LogP contribution in [0.1, 0.15) is 18.7 Å². The summed E-state index contributed by atoms with van der Waals surface area (Å²) in [6.07, 6.45) is 0.800. The third-order valence-corrected chi connectivity index (χ3v) is 3.39. The van der Waals surface area contributed by atoms with Crippen molar-refractivity contribution in [1.82, 2.24) is 5.32 Å². The molecule has 1 heterocycles. The molecule has 0 bridgehead atoms. The molecule has 1 aromatic heterocycles. The van der Waals surface area contributed by atoms with Gasteiger partial charge >= 0.3 is 5.97 Å². The first-order valence-corrected chi connectivity index (χ1v) is 5.84. The van der Waals surface area contributed by atoms with Crippen LogP contribution in [0.5, 0.6) is 0 Å². The first-order chi connectivity index (χ1) is 6.92. The van der Waals surface area contributed by atoms with Crippen LogP contribution in [-0.4, -0.2) is 23.2 Å². The topological polar surface area (TPSA) is 49.3 Å². The summed E-state index contributed by atoms with van der Waals surface area (Å²) in [7, 11) is 0. The zero-order valence-electron chi connectivity index (χ0n) is 8.71. The van der Waals surface area contributed by atoms with Crippen LogP contribution in [0.3, 0.4) is 0 Å². The number of hydrogen-bond acceptors (Lipinski definition) is 3. The molecule has 0 aromatic carbocycles. The summed E-state index contributed by atoms with van der Waals surface area (Å²) in [6, 6.07) is 3.81. The molecule has 0 fully saturated rings. The van der Waals surface area contributed by atoms with E-state index in [9.17, 15) is 4.79 Å². The van der Waals surface area contributed by atoms with Crippen LogP contribution in [0.25, 0.3) is 0 Å². The van der Waals surface area contributed by atoms with Crippen LogP contribution < -0.4 is 5.32 Å². The third kappa shape index (κ3) is 3.81. The number of aliphatic carboxylic acids is 1. The number of carbonyl (C=O) groups is 1. The quantitative estimate of drug-likeness (QED) is 0.840. The Kier molecular flexibility index (Phi) is 4.13. The van der Waals surface area contributed by atoms with Crippen LogP contribution in [0.4, 0.5) is 0 Å². The van der Waals surface area contributed by atoms with Gasteiger partial charge in [-0.1, -0.05) is 11.6 Å². The van der Waals surface area contributed by atoms with Gasteiger partial charge in [-0.05, 0) is 32.4 Å². The lowest BCUT2D eigenvalue weighted by molar-refractivity contribution is -0.143. The van der Waals surface area contributed by atoms with E-state index in [1.807, 2.05) is 12.1 Å². The molecule has 0 saturated carbocycles. The molecule has 84 valence electrons. The first-order valence-electron chi connectivity index (χ1n) is 4.64. The van der Waals surface area contributed by atoms with E-state index in [4.69, 9.17) is 16.7 Å². The zero-order chi connectivity index (χ0) is 11.5. The van der Waals surface area contributed by atoms with Gasteiger partial charge in [-0.15, -0.1) is 11.3 Å². The number of nitrogens with one attached hydrogen (secondary N) is 1. The second kappa shape index (κ2) is 4.96. The van der Waals surface area contributed by atoms with Gasteiger partial charge in [0.15, 0.2) is 0 Å². The van der Waals surface area contributed by atoms with Crippen molar-refractivity contribution < 1.29 is 9.90 Å². The summed E-state index contributed by atoms with van der Waals surface area (Å²) >= 11 is 7.31. The SMILES string of the molecule is CC(C)(NCCc1ccc(Cl)s1)C(=O)O. The Morgan fingerprint density at radius 2 is 2.27 bits per heavy atom. The Balaban J connectivity index is 2.36. The van der Waals surface area contributed by atoms with Crippen molar-refractivity contribution in [2.45, 2.75) is 25.8 Å². The van der Waals surface area contributed by atoms with Gasteiger partial charge in [-0.25, -0.2) is 0 Å². The molecule has 0 aliphatic rings. The molecule has 15 heavy (non-hydrogen) atoms. The van der Waals surface area contributed by atoms with Crippen molar-refractivity contribution >= 4 is 28.9 Å². The van der Waals surface area contributed by atoms with Gasteiger partial charge < -0.3 is 10.4 Å². The minimum absolute atomic E-state index is 0.635. The molecule has 1 rings (SSSR count). The van der Waals surface area contributed by atoms with E-state index in [1.165, 1.54) is 11.3 Å². The maximum Gasteiger partial charge on any atom is 0.323 e. The molecule has 3 nitrogen and oxygen atoms in total. The zero-order valence-corrected chi connectivity index (χ0v) is 10.3. The fourth-order valence-corrected chi connectivity index (χ4v) is 2.15. The van der Waals surface area contributed by atoms with Gasteiger partial charge in [0, 0.05) is 11.4 Å². The summed E-state index contributed by atoms with van der Waals surface area (Å²) in [6.45, 7) is 3.93. The van der Waals surface area contributed by atoms with Gasteiger partial charge in [-0.2, -0.15) is 0 Å². The van der Waals surface area contributed by atoms with Crippen LogP contribution in [0, 0.1) is 0 Å². The van der Waals surface area contributed by atoms with Crippen LogP contribution in [-0.2, 0) is 11.2 Å². The standard InChI is InChI=1S/C10H14ClNO2S/c1-10(2,9(13)14)12-6-5-7-3-4-8(11)15-7/h3-4,12H,5-6H2,1-2H3,(H,13,14). The first kappa shape index (κ1) is 12.5. The summed E-state index contributed by atoms with van der Waals surface area (Å²) in [5.41, 5.74) is -0.874. The lowest BCUT2D eigenvalue weighted by atomic mass is 10.1. The molecular weight excluding hydrogens is 234 g/mol. The molecule has 0 aliphatic carbocycles. The van der Waals surface area contributed by atoms with Gasteiger partial charge in [0.25, 0.3) is 0 Å². The Morgan fingerprint density at radius 1 is 1.60 bits per heavy atom. The fraction of sp³-hybridized carbons (Fsp3) is 0.500. The molecule has 0 saturated heterocycles. The highest BCUT2D eigenvalue weighted by atomic mass is 35.5. The van der Waals surface area contributed by atoms with Gasteiger partial charge in [0.05, 0.1) is 4.34 Å². The molecule has 0 spiro atoms. The monoisotopic (exact) mass is 247 g/mol. The molecule has 0 radical (unpaired) electrons. The number of carboxylic acids is 1. The maximum atomic E-state index is 10.8. The second-order valence-electron chi connectivity index (χ2n) is 3.81. The second-order valence-corrected chi connectivity index (χ2v) is 5.61. The molecule has 5 heteroatoms. The number of rotatable bonds is 5. The number of hydrogen-bond donors (Lipinski definition) is 2. The maximum absolute atomic E-state index is 10.8. The molecule has 1 aromatic rings. The number of halogens is 1. The average Bonchev–Trinajstić information content (AvgIpc) is 2.51. The summed E-state index contributed by atoms with van der Waals surface area (Å²) in [5.74, 6) is -0.841. The third-order valence-electron chi connectivity index (χ3n) is 2.10. The lowest BCUT2D eigenvalue weighted by Crippen LogP contribution is -2.47. The molecule has 0 aliphatic heterocycles. The van der Waals surface area contributed by atoms with Crippen molar-refractivity contribution in [3.05, 3.63) is 21.3 Å². The summed E-state index contributed by atoms with van der Waals surface area (Å²) in [4.78, 5) is 11.9. The molecule has 0 atom stereocenters. The highest BCUT2D eigenvalue weighted by Gasteiger charge is 2.25. The highest BCUT2D eigenvalue weighted by Crippen LogP contribution is 2.21. The Labute approximate surface area is 98.1 Å². The predicted octanol–water partition coefficient (Wildman–Crippen LogP) is 2.40. The Hall–Kier alpha value is -0.580. The molecule has 0 amide bonds. The number of thiophene rings is 1. The van der Waals surface area contributed by atoms with Crippen LogP contribution in [0.15, 0.2) is 12.1 Å². The largest absolute Gasteiger partial charge is 0.480 e. The van der Waals surface area contributed by atoms with Gasteiger partial charge in [-0.3, -0.25) is 4.79 Å². The predicted molar refractivity (Wildman–Crippen MR) is 62.8 cm³/mol. The van der Waals surface area contributed by atoms with Crippen molar-refractivity contribution in [3.63, 3.8) is 0 Å². The molecule has 2 N–H and O–H groups in total. The van der Waals surface area contributed by atoms with E-state index in [-0.39, 0.29) is 0 Å². The average molecular weight is 248 g/mol. The number of carboxylic acid groups (broad SMARTS) is 1. The fourth-order valence-electron chi connectivity index (χ4n) is 1.06. The van der Waals surface area contributed by atoms with Crippen molar-refractivity contribution in [2.24, 2.45) is 0 Å². The van der Waals surface area contributed by atoms with E-state index in [1.54, 1.807) is 13.8 Å². The molecular formula is C10H14ClNO2S. The highest BCUT2D eigenvalue weighted by molar-refractivity contribution is 7.16. The van der Waals surface area contributed by atoms with Crippen LogP contribution >= 0.6 is 22.9 Å².